The van der Waals surface area contributed by atoms with Gasteiger partial charge in [-0.05, 0) is 23.1 Å². The first-order valence-electron chi connectivity index (χ1n) is 4.19. The molecule has 15 heavy (non-hydrogen) atoms. The standard InChI is InChI=1S/C10H7F3S2/c11-10(12,13)8-3-1-7(2-4-8)9-5-14-6-15-9/h1-5H,6H2. The van der Waals surface area contributed by atoms with E-state index in [0.717, 1.165) is 27.7 Å². The number of alkyl halides is 3. The smallest absolute Gasteiger partial charge is 0.166 e. The number of hydrogen-bond acceptors (Lipinski definition) is 2. The molecule has 0 radical (unpaired) electrons. The largest absolute Gasteiger partial charge is 0.416 e. The van der Waals surface area contributed by atoms with Gasteiger partial charge in [-0.15, -0.1) is 23.5 Å². The molecule has 0 amide bonds. The summed E-state index contributed by atoms with van der Waals surface area (Å²) >= 11 is 3.32. The van der Waals surface area contributed by atoms with Crippen LogP contribution in [0.3, 0.4) is 0 Å². The van der Waals surface area contributed by atoms with Crippen molar-refractivity contribution >= 4 is 28.4 Å². The molecule has 0 spiro atoms. The van der Waals surface area contributed by atoms with Gasteiger partial charge in [0.25, 0.3) is 0 Å². The van der Waals surface area contributed by atoms with Gasteiger partial charge in [0.1, 0.15) is 0 Å². The van der Waals surface area contributed by atoms with Crippen LogP contribution in [-0.2, 0) is 6.18 Å². The van der Waals surface area contributed by atoms with E-state index in [1.165, 1.54) is 12.1 Å². The van der Waals surface area contributed by atoms with Gasteiger partial charge in [-0.3, -0.25) is 0 Å². The highest BCUT2D eigenvalue weighted by Gasteiger charge is 2.30. The molecule has 1 heterocycles. The lowest BCUT2D eigenvalue weighted by Crippen LogP contribution is -2.04. The monoisotopic (exact) mass is 248 g/mol. The number of rotatable bonds is 1. The molecule has 80 valence electrons. The van der Waals surface area contributed by atoms with E-state index in [0.29, 0.717) is 0 Å². The zero-order valence-corrected chi connectivity index (χ0v) is 9.18. The Morgan fingerprint density at radius 1 is 1.07 bits per heavy atom. The Hall–Kier alpha value is -0.550. The summed E-state index contributed by atoms with van der Waals surface area (Å²) in [5, 5.41) is 2.92. The Balaban J connectivity index is 2.24. The van der Waals surface area contributed by atoms with Crippen molar-refractivity contribution in [3.05, 3.63) is 40.8 Å². The number of benzene rings is 1. The van der Waals surface area contributed by atoms with Crippen LogP contribution in [0.2, 0.25) is 0 Å². The predicted octanol–water partition coefficient (Wildman–Crippen LogP) is 4.44. The van der Waals surface area contributed by atoms with E-state index in [9.17, 15) is 13.2 Å². The van der Waals surface area contributed by atoms with Crippen LogP contribution >= 0.6 is 23.5 Å². The van der Waals surface area contributed by atoms with Crippen LogP contribution in [0, 0.1) is 0 Å². The number of thioether (sulfide) groups is 2. The Morgan fingerprint density at radius 2 is 1.73 bits per heavy atom. The van der Waals surface area contributed by atoms with Crippen LogP contribution in [0.25, 0.3) is 4.91 Å². The maximum absolute atomic E-state index is 12.3. The molecule has 0 aliphatic carbocycles. The van der Waals surface area contributed by atoms with E-state index < -0.39 is 11.7 Å². The minimum Gasteiger partial charge on any atom is -0.166 e. The molecular formula is C10H7F3S2. The Labute approximate surface area is 93.9 Å². The van der Waals surface area contributed by atoms with Gasteiger partial charge in [-0.1, -0.05) is 12.1 Å². The lowest BCUT2D eigenvalue weighted by atomic mass is 10.1. The molecule has 1 aliphatic heterocycles. The van der Waals surface area contributed by atoms with Crippen molar-refractivity contribution in [2.45, 2.75) is 6.18 Å². The highest BCUT2D eigenvalue weighted by Crippen LogP contribution is 2.39. The van der Waals surface area contributed by atoms with Crippen molar-refractivity contribution in [2.24, 2.45) is 0 Å². The van der Waals surface area contributed by atoms with Crippen LogP contribution in [0.15, 0.2) is 29.7 Å². The van der Waals surface area contributed by atoms with Crippen LogP contribution in [0.4, 0.5) is 13.2 Å². The van der Waals surface area contributed by atoms with Crippen molar-refractivity contribution < 1.29 is 13.2 Å². The first-order valence-corrected chi connectivity index (χ1v) is 6.23. The van der Waals surface area contributed by atoms with Gasteiger partial charge in [0.15, 0.2) is 0 Å². The molecule has 1 aromatic rings. The van der Waals surface area contributed by atoms with Gasteiger partial charge in [0.2, 0.25) is 0 Å². The molecule has 5 heteroatoms. The lowest BCUT2D eigenvalue weighted by molar-refractivity contribution is -0.137. The van der Waals surface area contributed by atoms with Crippen molar-refractivity contribution in [1.29, 1.82) is 0 Å². The maximum atomic E-state index is 12.3. The third-order valence-corrected chi connectivity index (χ3v) is 4.20. The quantitative estimate of drug-likeness (QED) is 0.720. The molecule has 1 aromatic carbocycles. The summed E-state index contributed by atoms with van der Waals surface area (Å²) in [6.45, 7) is 0. The minimum atomic E-state index is -4.25. The molecule has 0 saturated heterocycles. The lowest BCUT2D eigenvalue weighted by Gasteiger charge is -2.07. The summed E-state index contributed by atoms with van der Waals surface area (Å²) < 4.78 is 36.8. The molecule has 0 N–H and O–H groups in total. The number of hydrogen-bond donors (Lipinski definition) is 0. The fourth-order valence-electron chi connectivity index (χ4n) is 1.22. The van der Waals surface area contributed by atoms with Crippen molar-refractivity contribution in [1.82, 2.24) is 0 Å². The van der Waals surface area contributed by atoms with Gasteiger partial charge in [-0.25, -0.2) is 0 Å². The minimum absolute atomic E-state index is 0.595. The summed E-state index contributed by atoms with van der Waals surface area (Å²) in [6, 6.07) is 5.29. The fourth-order valence-corrected chi connectivity index (χ4v) is 3.33. The SMILES string of the molecule is FC(F)(F)c1ccc(C2=CSCS2)cc1. The molecule has 0 saturated carbocycles. The van der Waals surface area contributed by atoms with E-state index in [2.05, 4.69) is 0 Å². The van der Waals surface area contributed by atoms with Crippen LogP contribution in [0.1, 0.15) is 11.1 Å². The second-order valence-electron chi connectivity index (χ2n) is 2.99. The third-order valence-electron chi connectivity index (χ3n) is 1.97. The Kier molecular flexibility index (Phi) is 3.02. The second-order valence-corrected chi connectivity index (χ2v) is 5.23. The van der Waals surface area contributed by atoms with E-state index in [-0.39, 0.29) is 0 Å². The first-order chi connectivity index (χ1) is 7.07. The second kappa shape index (κ2) is 4.14. The van der Waals surface area contributed by atoms with E-state index >= 15 is 0 Å². The van der Waals surface area contributed by atoms with E-state index in [1.54, 1.807) is 23.5 Å². The zero-order chi connectivity index (χ0) is 10.9. The summed E-state index contributed by atoms with van der Waals surface area (Å²) in [6.07, 6.45) is -4.25. The predicted molar refractivity (Wildman–Crippen MR) is 59.5 cm³/mol. The molecule has 0 atom stereocenters. The van der Waals surface area contributed by atoms with Gasteiger partial charge in [0.05, 0.1) is 5.56 Å². The van der Waals surface area contributed by atoms with Gasteiger partial charge in [-0.2, -0.15) is 13.2 Å². The highest BCUT2D eigenvalue weighted by atomic mass is 32.2. The Morgan fingerprint density at radius 3 is 2.20 bits per heavy atom. The molecule has 0 fully saturated rings. The molecular weight excluding hydrogens is 241 g/mol. The molecule has 0 nitrogen and oxygen atoms in total. The molecule has 2 rings (SSSR count). The summed E-state index contributed by atoms with van der Waals surface area (Å²) in [7, 11) is 0. The summed E-state index contributed by atoms with van der Waals surface area (Å²) in [5.41, 5.74) is 0.264. The molecule has 0 unspecified atom stereocenters. The van der Waals surface area contributed by atoms with Crippen molar-refractivity contribution in [2.75, 3.05) is 5.08 Å². The van der Waals surface area contributed by atoms with E-state index in [1.807, 2.05) is 5.41 Å². The zero-order valence-electron chi connectivity index (χ0n) is 7.54. The van der Waals surface area contributed by atoms with Crippen molar-refractivity contribution in [3.8, 4) is 0 Å². The van der Waals surface area contributed by atoms with Crippen LogP contribution in [0.5, 0.6) is 0 Å². The van der Waals surface area contributed by atoms with Gasteiger partial charge < -0.3 is 0 Å². The normalized spacial score (nSPS) is 16.6. The maximum Gasteiger partial charge on any atom is 0.416 e. The van der Waals surface area contributed by atoms with E-state index in [4.69, 9.17) is 0 Å². The number of halogens is 3. The van der Waals surface area contributed by atoms with Gasteiger partial charge >= 0.3 is 6.18 Å². The summed E-state index contributed by atoms with van der Waals surface area (Å²) in [4.78, 5) is 1.05. The molecule has 1 aliphatic rings. The highest BCUT2D eigenvalue weighted by molar-refractivity contribution is 8.25. The average molecular weight is 248 g/mol. The summed E-state index contributed by atoms with van der Waals surface area (Å²) in [5.74, 6) is 0. The van der Waals surface area contributed by atoms with Gasteiger partial charge in [0, 0.05) is 9.99 Å². The van der Waals surface area contributed by atoms with Crippen LogP contribution < -0.4 is 0 Å². The Bertz CT molecular complexity index is 379. The van der Waals surface area contributed by atoms with Crippen LogP contribution in [-0.4, -0.2) is 5.08 Å². The third kappa shape index (κ3) is 2.52. The first kappa shape index (κ1) is 11.0. The average Bonchev–Trinajstić information content (AvgIpc) is 2.69. The fraction of sp³-hybridized carbons (Fsp3) is 0.200. The molecule has 0 bridgehead atoms. The van der Waals surface area contributed by atoms with Crippen molar-refractivity contribution in [3.63, 3.8) is 0 Å². The molecule has 0 aromatic heterocycles. The topological polar surface area (TPSA) is 0 Å².